The minimum absolute atomic E-state index is 0.0709. The molecule has 13 N–H and O–H groups in total. The van der Waals surface area contributed by atoms with Crippen molar-refractivity contribution in [1.29, 1.82) is 0 Å². The van der Waals surface area contributed by atoms with Gasteiger partial charge in [-0.2, -0.15) is 0 Å². The summed E-state index contributed by atoms with van der Waals surface area (Å²) in [5, 5.41) is 121. The Labute approximate surface area is 222 Å². The first-order valence-corrected chi connectivity index (χ1v) is 12.0. The highest BCUT2D eigenvalue weighted by Crippen LogP contribution is 2.32. The molecule has 2 rings (SSSR count). The van der Waals surface area contributed by atoms with E-state index in [1.807, 2.05) is 0 Å². The Kier molecular flexibility index (Phi) is 15.6. The molecule has 0 aromatic rings. The van der Waals surface area contributed by atoms with E-state index >= 15 is 0 Å². The lowest BCUT2D eigenvalue weighted by molar-refractivity contribution is -0.387. The van der Waals surface area contributed by atoms with Crippen molar-refractivity contribution in [3.63, 3.8) is 0 Å². The van der Waals surface area contributed by atoms with Gasteiger partial charge in [0.25, 0.3) is 0 Å². The zero-order valence-electron chi connectivity index (χ0n) is 20.9. The quantitative estimate of drug-likeness (QED) is 0.0953. The van der Waals surface area contributed by atoms with Gasteiger partial charge >= 0.3 is 5.97 Å². The summed E-state index contributed by atoms with van der Waals surface area (Å²) in [6.45, 7) is -3.87. The summed E-state index contributed by atoms with van der Waals surface area (Å²) in [5.41, 5.74) is 0. The van der Waals surface area contributed by atoms with Crippen molar-refractivity contribution >= 4 is 5.97 Å². The fourth-order valence-corrected chi connectivity index (χ4v) is 3.54. The van der Waals surface area contributed by atoms with Crippen LogP contribution in [-0.2, 0) is 23.7 Å². The Morgan fingerprint density at radius 2 is 1.51 bits per heavy atom. The molecular weight excluding hydrogens is 540 g/mol. The van der Waals surface area contributed by atoms with Crippen molar-refractivity contribution in [3.8, 4) is 0 Å². The standard InChI is InChI=1S/C16H28O13.C5H12O5/c17-3-1-2-9(21)28-13-12(24)11(23)8(4-18)27-15(13)29-14-10(22)7(20)5-26-16(14,25)6-19;6-1-3(8)5(10)4(9)2-7/h7-8,10-15,17-20,22-25H,1-6H2;3-10H,1-2H2/t7-,8-,10-,11-,12+,13-,14+,15-,16?;3-,4+,5+/m1./s1. The lowest BCUT2D eigenvalue weighted by Gasteiger charge is -2.47. The van der Waals surface area contributed by atoms with Crippen LogP contribution in [0, 0.1) is 0 Å². The molecule has 2 saturated heterocycles. The van der Waals surface area contributed by atoms with Gasteiger partial charge in [-0.05, 0) is 6.42 Å². The molecule has 0 aliphatic carbocycles. The van der Waals surface area contributed by atoms with E-state index in [2.05, 4.69) is 0 Å². The number of hydrogen-bond donors (Lipinski definition) is 13. The monoisotopic (exact) mass is 580 g/mol. The van der Waals surface area contributed by atoms with E-state index in [1.54, 1.807) is 0 Å². The molecule has 39 heavy (non-hydrogen) atoms. The van der Waals surface area contributed by atoms with E-state index < -0.39 is 112 Å². The van der Waals surface area contributed by atoms with Crippen LogP contribution < -0.4 is 0 Å². The van der Waals surface area contributed by atoms with Crippen LogP contribution in [0.25, 0.3) is 0 Å². The van der Waals surface area contributed by atoms with Crippen LogP contribution >= 0.6 is 0 Å². The molecule has 18 heteroatoms. The average Bonchev–Trinajstić information content (AvgIpc) is 2.94. The molecule has 0 aromatic carbocycles. The molecule has 1 unspecified atom stereocenters. The molecule has 0 aromatic heterocycles. The topological polar surface area (TPSA) is 317 Å². The number of carbonyl (C=O) groups excluding carboxylic acids is 1. The van der Waals surface area contributed by atoms with Gasteiger partial charge in [0.05, 0.1) is 33.0 Å². The van der Waals surface area contributed by atoms with Gasteiger partial charge in [-0.15, -0.1) is 0 Å². The molecule has 2 fully saturated rings. The molecule has 2 heterocycles. The van der Waals surface area contributed by atoms with Gasteiger partial charge in [-0.25, -0.2) is 0 Å². The molecule has 12 atom stereocenters. The van der Waals surface area contributed by atoms with E-state index in [1.165, 1.54) is 0 Å². The summed E-state index contributed by atoms with van der Waals surface area (Å²) in [5.74, 6) is -3.32. The first kappa shape index (κ1) is 35.9. The second-order valence-corrected chi connectivity index (χ2v) is 8.91. The van der Waals surface area contributed by atoms with Crippen molar-refractivity contribution < 1.29 is 90.1 Å². The second-order valence-electron chi connectivity index (χ2n) is 8.91. The third kappa shape index (κ3) is 9.71. The molecule has 0 bridgehead atoms. The maximum Gasteiger partial charge on any atom is 0.306 e. The summed E-state index contributed by atoms with van der Waals surface area (Å²) in [6.07, 6.45) is -17.7. The van der Waals surface area contributed by atoms with E-state index in [4.69, 9.17) is 49.6 Å². The average molecular weight is 581 g/mol. The number of esters is 1. The molecule has 2 aliphatic heterocycles. The maximum absolute atomic E-state index is 11.9. The van der Waals surface area contributed by atoms with Crippen LogP contribution in [0.5, 0.6) is 0 Å². The van der Waals surface area contributed by atoms with Crippen molar-refractivity contribution in [1.82, 2.24) is 0 Å². The summed E-state index contributed by atoms with van der Waals surface area (Å²) in [6, 6.07) is 0. The smallest absolute Gasteiger partial charge is 0.306 e. The van der Waals surface area contributed by atoms with Gasteiger partial charge in [-0.3, -0.25) is 4.79 Å². The highest BCUT2D eigenvalue weighted by molar-refractivity contribution is 5.69. The van der Waals surface area contributed by atoms with Gasteiger partial charge in [-0.1, -0.05) is 0 Å². The van der Waals surface area contributed by atoms with Crippen LogP contribution in [0.4, 0.5) is 0 Å². The number of aliphatic hydroxyl groups excluding tert-OH is 12. The minimum Gasteiger partial charge on any atom is -0.454 e. The van der Waals surface area contributed by atoms with E-state index in [-0.39, 0.29) is 19.4 Å². The van der Waals surface area contributed by atoms with Gasteiger partial charge in [0, 0.05) is 13.0 Å². The maximum atomic E-state index is 11.9. The Balaban J connectivity index is 0.000000646. The number of ether oxygens (including phenoxy) is 4. The van der Waals surface area contributed by atoms with Crippen LogP contribution in [0.15, 0.2) is 0 Å². The Morgan fingerprint density at radius 3 is 2.00 bits per heavy atom. The predicted octanol–water partition coefficient (Wildman–Crippen LogP) is -8.02. The zero-order chi connectivity index (χ0) is 29.9. The van der Waals surface area contributed by atoms with Crippen molar-refractivity contribution in [2.45, 2.75) is 86.0 Å². The summed E-state index contributed by atoms with van der Waals surface area (Å²) >= 11 is 0. The molecule has 18 nitrogen and oxygen atoms in total. The van der Waals surface area contributed by atoms with E-state index in [9.17, 15) is 40.5 Å². The van der Waals surface area contributed by atoms with E-state index in [0.29, 0.717) is 0 Å². The SMILES string of the molecule is O=C(CCCO)O[C@H]1[C@@H](O[C@H]2[C@H](O)[C@H](O)COC2(O)CO)O[C@H](CO)[C@@H](O)[C@@H]1O.OC[C@@H](O)[C@H](O)[C@@H](O)CO. The van der Waals surface area contributed by atoms with Gasteiger partial charge in [0.15, 0.2) is 12.4 Å². The van der Waals surface area contributed by atoms with Crippen molar-refractivity contribution in [2.75, 3.05) is 39.6 Å². The summed E-state index contributed by atoms with van der Waals surface area (Å²) in [7, 11) is 0. The molecular formula is C21H40O18. The van der Waals surface area contributed by atoms with Crippen LogP contribution in [-0.4, -0.2) is 185 Å². The molecule has 0 saturated carbocycles. The first-order valence-electron chi connectivity index (χ1n) is 12.0. The van der Waals surface area contributed by atoms with Crippen molar-refractivity contribution in [3.05, 3.63) is 0 Å². The van der Waals surface area contributed by atoms with Gasteiger partial charge in [0.2, 0.25) is 5.79 Å². The largest absolute Gasteiger partial charge is 0.454 e. The normalized spacial score (nSPS) is 37.3. The highest BCUT2D eigenvalue weighted by Gasteiger charge is 2.55. The first-order chi connectivity index (χ1) is 18.3. The second kappa shape index (κ2) is 16.9. The molecule has 0 spiro atoms. The molecule has 0 radical (unpaired) electrons. The number of rotatable bonds is 12. The summed E-state index contributed by atoms with van der Waals surface area (Å²) < 4.78 is 20.7. The third-order valence-corrected chi connectivity index (χ3v) is 5.95. The highest BCUT2D eigenvalue weighted by atomic mass is 16.7. The van der Waals surface area contributed by atoms with Gasteiger partial charge < -0.3 is 85.3 Å². The molecule has 0 amide bonds. The van der Waals surface area contributed by atoms with Gasteiger partial charge in [0.1, 0.15) is 54.9 Å². The number of hydrogen-bond acceptors (Lipinski definition) is 18. The Hall–Kier alpha value is -1.17. The third-order valence-electron chi connectivity index (χ3n) is 5.95. The fourth-order valence-electron chi connectivity index (χ4n) is 3.54. The molecule has 232 valence electrons. The Morgan fingerprint density at radius 1 is 0.923 bits per heavy atom. The zero-order valence-corrected chi connectivity index (χ0v) is 20.9. The fraction of sp³-hybridized carbons (Fsp3) is 0.952. The lowest BCUT2D eigenvalue weighted by atomic mass is 9.95. The summed E-state index contributed by atoms with van der Waals surface area (Å²) in [4.78, 5) is 11.9. The van der Waals surface area contributed by atoms with Crippen molar-refractivity contribution in [2.24, 2.45) is 0 Å². The van der Waals surface area contributed by atoms with Crippen LogP contribution in [0.1, 0.15) is 12.8 Å². The number of aliphatic hydroxyl groups is 13. The number of carbonyl (C=O) groups is 1. The Bertz CT molecular complexity index is 690. The van der Waals surface area contributed by atoms with Crippen LogP contribution in [0.2, 0.25) is 0 Å². The molecule has 2 aliphatic rings. The van der Waals surface area contributed by atoms with E-state index in [0.717, 1.165) is 0 Å². The predicted molar refractivity (Wildman–Crippen MR) is 121 cm³/mol. The lowest BCUT2D eigenvalue weighted by Crippen LogP contribution is -2.67. The minimum atomic E-state index is -2.46. The van der Waals surface area contributed by atoms with Crippen LogP contribution in [0.3, 0.4) is 0 Å².